The normalized spacial score (nSPS) is 11.0. The van der Waals surface area contributed by atoms with Gasteiger partial charge in [0.25, 0.3) is 0 Å². The fraction of sp³-hybridized carbons (Fsp3) is 0.444. The van der Waals surface area contributed by atoms with Crippen LogP contribution in [0.3, 0.4) is 0 Å². The molecular formula is C18H27FePPd-6. The second kappa shape index (κ2) is 10.2. The summed E-state index contributed by atoms with van der Waals surface area (Å²) in [5.41, 5.74) is 0. The summed E-state index contributed by atoms with van der Waals surface area (Å²) in [6.07, 6.45) is 0. The van der Waals surface area contributed by atoms with Gasteiger partial charge in [-0.05, 0) is 10.3 Å². The second-order valence-corrected chi connectivity index (χ2v) is 10.7. The monoisotopic (exact) mass is 436 g/mol. The Balaban J connectivity index is 0. The van der Waals surface area contributed by atoms with Crippen LogP contribution in [-0.4, -0.2) is 10.3 Å². The van der Waals surface area contributed by atoms with Crippen molar-refractivity contribution in [2.75, 3.05) is 0 Å². The van der Waals surface area contributed by atoms with Crippen molar-refractivity contribution in [1.82, 2.24) is 0 Å². The van der Waals surface area contributed by atoms with E-state index in [-0.39, 0.29) is 45.4 Å². The SMILES string of the molecule is CC(C)(C)P([c-]1cccc1)C(C)(C)C.[Fe].[Pd].[cH-]1[cH-][cH-][cH-][cH-]1. The first-order chi connectivity index (χ1) is 8.73. The van der Waals surface area contributed by atoms with Crippen LogP contribution in [-0.2, 0) is 37.5 Å². The minimum atomic E-state index is -0.101. The van der Waals surface area contributed by atoms with Gasteiger partial charge >= 0.3 is 0 Å². The fourth-order valence-corrected chi connectivity index (χ4v) is 6.65. The van der Waals surface area contributed by atoms with Crippen LogP contribution in [0.5, 0.6) is 0 Å². The quantitative estimate of drug-likeness (QED) is 0.314. The van der Waals surface area contributed by atoms with Crippen molar-refractivity contribution in [3.05, 3.63) is 54.6 Å². The van der Waals surface area contributed by atoms with E-state index in [0.717, 1.165) is 0 Å². The molecule has 21 heavy (non-hydrogen) atoms. The van der Waals surface area contributed by atoms with Crippen molar-refractivity contribution in [1.29, 1.82) is 0 Å². The van der Waals surface area contributed by atoms with Crippen LogP contribution in [0.1, 0.15) is 41.5 Å². The smallest absolute Gasteiger partial charge is 0 e. The molecule has 0 aromatic heterocycles. The van der Waals surface area contributed by atoms with Gasteiger partial charge in [-0.25, -0.2) is 12.1 Å². The molecular weight excluding hydrogens is 409 g/mol. The van der Waals surface area contributed by atoms with E-state index in [2.05, 4.69) is 65.8 Å². The van der Waals surface area contributed by atoms with E-state index in [1.165, 1.54) is 0 Å². The second-order valence-electron chi connectivity index (χ2n) is 6.78. The zero-order valence-corrected chi connectivity index (χ0v) is 17.4. The zero-order valence-electron chi connectivity index (χ0n) is 13.8. The minimum absolute atomic E-state index is 0. The fourth-order valence-electron chi connectivity index (χ4n) is 2.61. The molecule has 0 nitrogen and oxygen atoms in total. The maximum absolute atomic E-state index is 2.36. The van der Waals surface area contributed by atoms with Crippen LogP contribution in [0.15, 0.2) is 54.6 Å². The Bertz CT molecular complexity index is 401. The first-order valence-electron chi connectivity index (χ1n) is 6.91. The van der Waals surface area contributed by atoms with E-state index in [9.17, 15) is 0 Å². The summed E-state index contributed by atoms with van der Waals surface area (Å²) in [6.45, 7) is 14.1. The average molecular weight is 437 g/mol. The van der Waals surface area contributed by atoms with Crippen molar-refractivity contribution < 1.29 is 37.5 Å². The largest absolute Gasteiger partial charge is 0.748 e. The Kier molecular flexibility index (Phi) is 11.4. The predicted molar refractivity (Wildman–Crippen MR) is 90.1 cm³/mol. The maximum Gasteiger partial charge on any atom is 0 e. The average Bonchev–Trinajstić information content (AvgIpc) is 2.86. The maximum atomic E-state index is 2.36. The molecule has 128 valence electrons. The van der Waals surface area contributed by atoms with Crippen LogP contribution >= 0.6 is 7.92 Å². The van der Waals surface area contributed by atoms with E-state index >= 15 is 0 Å². The van der Waals surface area contributed by atoms with Crippen molar-refractivity contribution >= 4 is 13.2 Å². The van der Waals surface area contributed by atoms with Gasteiger partial charge in [-0.2, -0.15) is 12.1 Å². The van der Waals surface area contributed by atoms with Gasteiger partial charge in [0.2, 0.25) is 0 Å². The van der Waals surface area contributed by atoms with Crippen LogP contribution in [0, 0.1) is 0 Å². The molecule has 0 saturated carbocycles. The molecule has 2 rings (SSSR count). The summed E-state index contributed by atoms with van der Waals surface area (Å²) in [6, 6.07) is 18.9. The third-order valence-electron chi connectivity index (χ3n) is 2.80. The molecule has 0 N–H and O–H groups in total. The Morgan fingerprint density at radius 3 is 1.24 bits per heavy atom. The van der Waals surface area contributed by atoms with Crippen LogP contribution < -0.4 is 5.30 Å². The Morgan fingerprint density at radius 2 is 1.00 bits per heavy atom. The van der Waals surface area contributed by atoms with Gasteiger partial charge in [0, 0.05) is 37.5 Å². The van der Waals surface area contributed by atoms with E-state index in [4.69, 9.17) is 0 Å². The van der Waals surface area contributed by atoms with E-state index in [0.29, 0.717) is 10.3 Å². The number of hydrogen-bond acceptors (Lipinski definition) is 0. The van der Waals surface area contributed by atoms with Gasteiger partial charge in [-0.1, -0.05) is 41.5 Å². The molecule has 0 radical (unpaired) electrons. The first-order valence-corrected chi connectivity index (χ1v) is 8.26. The van der Waals surface area contributed by atoms with Crippen molar-refractivity contribution in [2.24, 2.45) is 0 Å². The Labute approximate surface area is 156 Å². The molecule has 0 unspecified atom stereocenters. The Hall–Kier alpha value is 0.312. The molecule has 3 heteroatoms. The summed E-state index contributed by atoms with van der Waals surface area (Å²) < 4.78 is 0. The summed E-state index contributed by atoms with van der Waals surface area (Å²) in [4.78, 5) is 0. The molecule has 0 spiro atoms. The van der Waals surface area contributed by atoms with Gasteiger partial charge in [0.05, 0.1) is 0 Å². The molecule has 0 amide bonds. The van der Waals surface area contributed by atoms with Crippen LogP contribution in [0.4, 0.5) is 0 Å². The van der Waals surface area contributed by atoms with Crippen molar-refractivity contribution in [3.63, 3.8) is 0 Å². The summed E-state index contributed by atoms with van der Waals surface area (Å²) >= 11 is 0. The van der Waals surface area contributed by atoms with E-state index < -0.39 is 0 Å². The van der Waals surface area contributed by atoms with Crippen molar-refractivity contribution in [3.8, 4) is 0 Å². The molecule has 0 aliphatic rings. The van der Waals surface area contributed by atoms with Gasteiger partial charge < -0.3 is 30.3 Å². The molecule has 0 aliphatic carbocycles. The molecule has 2 aromatic carbocycles. The van der Waals surface area contributed by atoms with Gasteiger partial charge in [-0.3, -0.25) is 0 Å². The molecule has 0 heterocycles. The topological polar surface area (TPSA) is 0 Å². The van der Waals surface area contributed by atoms with E-state index in [1.807, 2.05) is 30.3 Å². The van der Waals surface area contributed by atoms with Gasteiger partial charge in [0.15, 0.2) is 0 Å². The number of hydrogen-bond donors (Lipinski definition) is 0. The first kappa shape index (κ1) is 23.6. The number of rotatable bonds is 1. The molecule has 0 atom stereocenters. The van der Waals surface area contributed by atoms with E-state index in [1.54, 1.807) is 5.30 Å². The Morgan fingerprint density at radius 1 is 0.714 bits per heavy atom. The zero-order chi connectivity index (χ0) is 14.5. The molecule has 0 saturated heterocycles. The van der Waals surface area contributed by atoms with Crippen LogP contribution in [0.2, 0.25) is 0 Å². The summed E-state index contributed by atoms with van der Waals surface area (Å²) in [7, 11) is -0.101. The molecule has 2 aromatic rings. The standard InChI is InChI=1S/C13H22P.C5H5.Fe.Pd/c1-12(2,3)14(13(4,5)6)11-9-7-8-10-11;1-2-4-5-3-1;;/h7-10H,1-6H3;1-5H;;/q-1;-5;;. The third-order valence-corrected chi connectivity index (χ3v) is 6.30. The van der Waals surface area contributed by atoms with Crippen molar-refractivity contribution in [2.45, 2.75) is 51.9 Å². The predicted octanol–water partition coefficient (Wildman–Crippen LogP) is 5.51. The molecule has 0 bridgehead atoms. The minimum Gasteiger partial charge on any atom is -0.748 e. The summed E-state index contributed by atoms with van der Waals surface area (Å²) in [5, 5.41) is 2.32. The molecule has 0 aliphatic heterocycles. The summed E-state index contributed by atoms with van der Waals surface area (Å²) in [5.74, 6) is 0. The van der Waals surface area contributed by atoms with Gasteiger partial charge in [0.1, 0.15) is 0 Å². The van der Waals surface area contributed by atoms with Gasteiger partial charge in [-0.15, -0.1) is 13.2 Å². The van der Waals surface area contributed by atoms with Crippen LogP contribution in [0.25, 0.3) is 0 Å². The third kappa shape index (κ3) is 8.50. The molecule has 0 fully saturated rings.